The summed E-state index contributed by atoms with van der Waals surface area (Å²) in [7, 11) is 0. The van der Waals surface area contributed by atoms with E-state index in [-0.39, 0.29) is 5.54 Å². The van der Waals surface area contributed by atoms with Gasteiger partial charge in [-0.15, -0.1) is 0 Å². The Bertz CT molecular complexity index is 194. The minimum Gasteiger partial charge on any atom is -0.329 e. The fourth-order valence-corrected chi connectivity index (χ4v) is 2.79. The maximum absolute atomic E-state index is 5.99. The van der Waals surface area contributed by atoms with Gasteiger partial charge in [0.1, 0.15) is 0 Å². The summed E-state index contributed by atoms with van der Waals surface area (Å²) in [4.78, 5) is 2.46. The zero-order chi connectivity index (χ0) is 12.7. The van der Waals surface area contributed by atoms with Gasteiger partial charge in [0.2, 0.25) is 0 Å². The molecule has 0 atom stereocenters. The zero-order valence-corrected chi connectivity index (χ0v) is 12.0. The molecule has 1 fully saturated rings. The van der Waals surface area contributed by atoms with Crippen molar-refractivity contribution in [2.24, 2.45) is 11.7 Å². The third-order valence-corrected chi connectivity index (χ3v) is 4.44. The summed E-state index contributed by atoms with van der Waals surface area (Å²) in [5.41, 5.74) is 6.23. The Balaban J connectivity index is 2.31. The van der Waals surface area contributed by atoms with E-state index in [2.05, 4.69) is 31.0 Å². The molecule has 0 radical (unpaired) electrons. The fourth-order valence-electron chi connectivity index (χ4n) is 2.79. The third-order valence-electron chi connectivity index (χ3n) is 4.44. The molecule has 0 saturated heterocycles. The summed E-state index contributed by atoms with van der Waals surface area (Å²) in [6, 6.07) is 0. The van der Waals surface area contributed by atoms with E-state index in [4.69, 9.17) is 5.73 Å². The molecule has 0 bridgehead atoms. The lowest BCUT2D eigenvalue weighted by Crippen LogP contribution is -2.54. The van der Waals surface area contributed by atoms with Crippen molar-refractivity contribution in [3.8, 4) is 0 Å². The number of nitrogens with zero attached hydrogens (tertiary/aromatic N) is 1. The Labute approximate surface area is 107 Å². The van der Waals surface area contributed by atoms with E-state index in [1.165, 1.54) is 25.7 Å². The van der Waals surface area contributed by atoms with Crippen LogP contribution in [0, 0.1) is 5.92 Å². The molecule has 0 amide bonds. The minimum absolute atomic E-state index is 0.236. The molecular weight excluding hydrogens is 210 g/mol. The van der Waals surface area contributed by atoms with Gasteiger partial charge in [-0.1, -0.05) is 20.8 Å². The lowest BCUT2D eigenvalue weighted by Gasteiger charge is -2.40. The monoisotopic (exact) mass is 241 g/mol. The topological polar surface area (TPSA) is 41.3 Å². The van der Waals surface area contributed by atoms with Crippen molar-refractivity contribution in [3.63, 3.8) is 0 Å². The predicted molar refractivity (Wildman–Crippen MR) is 75.2 cm³/mol. The standard InChI is InChI=1S/C14H31N3/c1-4-17(5-2)11-10-16-14(12-15)8-6-13(3)7-9-14/h13,16H,4-12,15H2,1-3H3. The van der Waals surface area contributed by atoms with E-state index in [0.717, 1.165) is 38.6 Å². The molecule has 0 aliphatic heterocycles. The molecule has 0 aromatic heterocycles. The lowest BCUT2D eigenvalue weighted by molar-refractivity contribution is 0.191. The van der Waals surface area contributed by atoms with E-state index in [9.17, 15) is 0 Å². The van der Waals surface area contributed by atoms with E-state index in [1.54, 1.807) is 0 Å². The minimum atomic E-state index is 0.236. The van der Waals surface area contributed by atoms with Crippen LogP contribution in [0.3, 0.4) is 0 Å². The molecule has 3 heteroatoms. The van der Waals surface area contributed by atoms with Crippen molar-refractivity contribution in [3.05, 3.63) is 0 Å². The van der Waals surface area contributed by atoms with Crippen LogP contribution in [0.2, 0.25) is 0 Å². The van der Waals surface area contributed by atoms with Gasteiger partial charge in [-0.2, -0.15) is 0 Å². The van der Waals surface area contributed by atoms with Crippen LogP contribution in [0.15, 0.2) is 0 Å². The Morgan fingerprint density at radius 2 is 1.82 bits per heavy atom. The van der Waals surface area contributed by atoms with Crippen molar-refractivity contribution < 1.29 is 0 Å². The largest absolute Gasteiger partial charge is 0.329 e. The highest BCUT2D eigenvalue weighted by Gasteiger charge is 2.32. The van der Waals surface area contributed by atoms with E-state index >= 15 is 0 Å². The van der Waals surface area contributed by atoms with Gasteiger partial charge in [0, 0.05) is 25.2 Å². The van der Waals surface area contributed by atoms with Crippen LogP contribution in [0.5, 0.6) is 0 Å². The molecule has 0 spiro atoms. The number of hydrogen-bond donors (Lipinski definition) is 2. The van der Waals surface area contributed by atoms with Gasteiger partial charge in [0.05, 0.1) is 0 Å². The average molecular weight is 241 g/mol. The van der Waals surface area contributed by atoms with Gasteiger partial charge in [0.25, 0.3) is 0 Å². The van der Waals surface area contributed by atoms with E-state index < -0.39 is 0 Å². The summed E-state index contributed by atoms with van der Waals surface area (Å²) < 4.78 is 0. The summed E-state index contributed by atoms with van der Waals surface area (Å²) >= 11 is 0. The summed E-state index contributed by atoms with van der Waals surface area (Å²) in [6.45, 7) is 12.1. The van der Waals surface area contributed by atoms with Crippen LogP contribution in [0.1, 0.15) is 46.5 Å². The molecule has 1 aliphatic carbocycles. The van der Waals surface area contributed by atoms with Crippen molar-refractivity contribution in [1.82, 2.24) is 10.2 Å². The number of nitrogens with one attached hydrogen (secondary N) is 1. The smallest absolute Gasteiger partial charge is 0.0304 e. The Morgan fingerprint density at radius 3 is 2.29 bits per heavy atom. The van der Waals surface area contributed by atoms with Gasteiger partial charge < -0.3 is 16.0 Å². The molecule has 0 heterocycles. The molecule has 102 valence electrons. The molecule has 0 aromatic rings. The fraction of sp³-hybridized carbons (Fsp3) is 1.00. The molecule has 3 N–H and O–H groups in total. The summed E-state index contributed by atoms with van der Waals surface area (Å²) in [5, 5.41) is 3.74. The van der Waals surface area contributed by atoms with Gasteiger partial charge in [-0.25, -0.2) is 0 Å². The average Bonchev–Trinajstić information content (AvgIpc) is 2.37. The molecule has 17 heavy (non-hydrogen) atoms. The van der Waals surface area contributed by atoms with Crippen molar-refractivity contribution in [1.29, 1.82) is 0 Å². The highest BCUT2D eigenvalue weighted by molar-refractivity contribution is 4.93. The number of hydrogen-bond acceptors (Lipinski definition) is 3. The van der Waals surface area contributed by atoms with E-state index in [1.807, 2.05) is 0 Å². The first kappa shape index (κ1) is 14.9. The molecular formula is C14H31N3. The predicted octanol–water partition coefficient (Wildman–Crippen LogP) is 1.83. The van der Waals surface area contributed by atoms with Crippen molar-refractivity contribution >= 4 is 0 Å². The first-order valence-corrected chi connectivity index (χ1v) is 7.33. The molecule has 0 unspecified atom stereocenters. The van der Waals surface area contributed by atoms with Gasteiger partial charge in [0.15, 0.2) is 0 Å². The number of likely N-dealkylation sites (N-methyl/N-ethyl adjacent to an activating group) is 1. The number of rotatable bonds is 7. The molecule has 1 aliphatic rings. The summed E-state index contributed by atoms with van der Waals surface area (Å²) in [6.07, 6.45) is 5.16. The van der Waals surface area contributed by atoms with Crippen LogP contribution in [-0.2, 0) is 0 Å². The van der Waals surface area contributed by atoms with E-state index in [0.29, 0.717) is 0 Å². The Hall–Kier alpha value is -0.120. The highest BCUT2D eigenvalue weighted by atomic mass is 15.1. The van der Waals surface area contributed by atoms with Gasteiger partial charge in [-0.05, 0) is 44.7 Å². The van der Waals surface area contributed by atoms with Crippen LogP contribution < -0.4 is 11.1 Å². The number of nitrogens with two attached hydrogens (primary N) is 1. The molecule has 1 saturated carbocycles. The van der Waals surface area contributed by atoms with Crippen LogP contribution >= 0.6 is 0 Å². The maximum Gasteiger partial charge on any atom is 0.0304 e. The summed E-state index contributed by atoms with van der Waals surface area (Å²) in [5.74, 6) is 0.888. The van der Waals surface area contributed by atoms with Crippen LogP contribution in [0.4, 0.5) is 0 Å². The van der Waals surface area contributed by atoms with Gasteiger partial charge in [-0.3, -0.25) is 0 Å². The Morgan fingerprint density at radius 1 is 1.24 bits per heavy atom. The first-order valence-electron chi connectivity index (χ1n) is 7.33. The lowest BCUT2D eigenvalue weighted by atomic mass is 9.77. The second-order valence-corrected chi connectivity index (χ2v) is 5.62. The Kier molecular flexibility index (Phi) is 6.45. The normalized spacial score (nSPS) is 29.8. The van der Waals surface area contributed by atoms with Crippen molar-refractivity contribution in [2.75, 3.05) is 32.7 Å². The second kappa shape index (κ2) is 7.34. The molecule has 1 rings (SSSR count). The maximum atomic E-state index is 5.99. The van der Waals surface area contributed by atoms with Crippen LogP contribution in [-0.4, -0.2) is 43.2 Å². The molecule has 0 aromatic carbocycles. The van der Waals surface area contributed by atoms with Crippen LogP contribution in [0.25, 0.3) is 0 Å². The highest BCUT2D eigenvalue weighted by Crippen LogP contribution is 2.30. The van der Waals surface area contributed by atoms with Crippen molar-refractivity contribution in [2.45, 2.75) is 52.0 Å². The van der Waals surface area contributed by atoms with Gasteiger partial charge >= 0.3 is 0 Å². The third kappa shape index (κ3) is 4.57. The SMILES string of the molecule is CCN(CC)CCNC1(CN)CCC(C)CC1. The second-order valence-electron chi connectivity index (χ2n) is 5.62. The quantitative estimate of drug-likeness (QED) is 0.714. The zero-order valence-electron chi connectivity index (χ0n) is 12.0. The molecule has 3 nitrogen and oxygen atoms in total. The first-order chi connectivity index (χ1) is 8.15.